The summed E-state index contributed by atoms with van der Waals surface area (Å²) in [6, 6.07) is 17.3. The summed E-state index contributed by atoms with van der Waals surface area (Å²) in [7, 11) is 0. The first-order valence-electron chi connectivity index (χ1n) is 7.34. The van der Waals surface area contributed by atoms with Gasteiger partial charge in [0.2, 0.25) is 0 Å². The Morgan fingerprint density at radius 3 is 2.29 bits per heavy atom. The molecule has 0 aliphatic carbocycles. The van der Waals surface area contributed by atoms with Gasteiger partial charge in [-0.1, -0.05) is 44.2 Å². The molecule has 0 aliphatic heterocycles. The minimum absolute atomic E-state index is 0.120. The molecule has 0 saturated carbocycles. The molecule has 1 atom stereocenters. The molecule has 3 nitrogen and oxygen atoms in total. The number of anilines is 1. The van der Waals surface area contributed by atoms with Crippen molar-refractivity contribution in [1.29, 1.82) is 0 Å². The van der Waals surface area contributed by atoms with Gasteiger partial charge >= 0.3 is 0 Å². The second-order valence-corrected chi connectivity index (χ2v) is 4.87. The lowest BCUT2D eigenvalue weighted by atomic mass is 10.1. The summed E-state index contributed by atoms with van der Waals surface area (Å²) in [5.41, 5.74) is 2.05. The molecule has 0 aromatic heterocycles. The van der Waals surface area contributed by atoms with Crippen molar-refractivity contribution in [1.82, 2.24) is 0 Å². The fraction of sp³-hybridized carbons (Fsp3) is 0.278. The van der Waals surface area contributed by atoms with Gasteiger partial charge in [-0.25, -0.2) is 0 Å². The maximum absolute atomic E-state index is 12.3. The zero-order valence-corrected chi connectivity index (χ0v) is 12.5. The smallest absolute Gasteiger partial charge is 0.265 e. The molecule has 0 bridgehead atoms. The maximum atomic E-state index is 12.3. The van der Waals surface area contributed by atoms with Crippen LogP contribution in [-0.2, 0) is 11.2 Å². The zero-order valence-electron chi connectivity index (χ0n) is 12.5. The lowest BCUT2D eigenvalue weighted by Gasteiger charge is -2.17. The quantitative estimate of drug-likeness (QED) is 0.868. The Labute approximate surface area is 126 Å². The molecular formula is C18H21NO2. The third-order valence-corrected chi connectivity index (χ3v) is 3.31. The highest BCUT2D eigenvalue weighted by molar-refractivity contribution is 5.94. The van der Waals surface area contributed by atoms with E-state index in [1.165, 1.54) is 5.56 Å². The number of nitrogens with one attached hydrogen (secondary N) is 1. The van der Waals surface area contributed by atoms with Crippen LogP contribution in [0, 0.1) is 0 Å². The molecule has 1 N–H and O–H groups in total. The molecule has 2 aromatic carbocycles. The van der Waals surface area contributed by atoms with Gasteiger partial charge < -0.3 is 10.1 Å². The molecule has 2 aromatic rings. The normalized spacial score (nSPS) is 11.7. The summed E-state index contributed by atoms with van der Waals surface area (Å²) in [6.45, 7) is 4.04. The number of aryl methyl sites for hydroxylation is 1. The molecule has 0 saturated heterocycles. The van der Waals surface area contributed by atoms with Crippen molar-refractivity contribution >= 4 is 11.6 Å². The van der Waals surface area contributed by atoms with Crippen LogP contribution in [0.4, 0.5) is 5.69 Å². The number of amides is 1. The van der Waals surface area contributed by atoms with Crippen molar-refractivity contribution in [3.63, 3.8) is 0 Å². The van der Waals surface area contributed by atoms with E-state index in [0.29, 0.717) is 12.2 Å². The Morgan fingerprint density at radius 1 is 1.05 bits per heavy atom. The number of hydrogen-bond acceptors (Lipinski definition) is 2. The number of carbonyl (C=O) groups excluding carboxylic acids is 1. The first-order chi connectivity index (χ1) is 10.2. The second-order valence-electron chi connectivity index (χ2n) is 4.87. The number of rotatable bonds is 6. The average Bonchev–Trinajstić information content (AvgIpc) is 2.54. The van der Waals surface area contributed by atoms with E-state index in [0.717, 1.165) is 12.1 Å². The molecule has 1 amide bonds. The first-order valence-corrected chi connectivity index (χ1v) is 7.34. The molecule has 110 valence electrons. The van der Waals surface area contributed by atoms with Crippen molar-refractivity contribution in [3.05, 3.63) is 60.2 Å². The number of ether oxygens (including phenoxy) is 1. The standard InChI is InChI=1S/C18H21NO2/c1-3-14-10-12-15(13-11-14)19-18(20)17(4-2)21-16-8-6-5-7-9-16/h5-13,17H,3-4H2,1-2H3,(H,19,20). The number of benzene rings is 2. The molecule has 0 aliphatic rings. The fourth-order valence-corrected chi connectivity index (χ4v) is 2.03. The Hall–Kier alpha value is -2.29. The molecular weight excluding hydrogens is 262 g/mol. The fourth-order valence-electron chi connectivity index (χ4n) is 2.03. The van der Waals surface area contributed by atoms with E-state index in [4.69, 9.17) is 4.74 Å². The third kappa shape index (κ3) is 4.35. The van der Waals surface area contributed by atoms with Gasteiger partial charge in [0, 0.05) is 5.69 Å². The molecule has 0 spiro atoms. The van der Waals surface area contributed by atoms with Crippen LogP contribution in [0.5, 0.6) is 5.75 Å². The molecule has 0 fully saturated rings. The van der Waals surface area contributed by atoms with E-state index < -0.39 is 6.10 Å². The Bertz CT molecular complexity index is 564. The minimum Gasteiger partial charge on any atom is -0.481 e. The van der Waals surface area contributed by atoms with Crippen molar-refractivity contribution in [2.24, 2.45) is 0 Å². The summed E-state index contributed by atoms with van der Waals surface area (Å²) in [6.07, 6.45) is 1.12. The SMILES string of the molecule is CCc1ccc(NC(=O)C(CC)Oc2ccccc2)cc1. The largest absolute Gasteiger partial charge is 0.481 e. The van der Waals surface area contributed by atoms with Crippen LogP contribution in [0.25, 0.3) is 0 Å². The van der Waals surface area contributed by atoms with E-state index in [1.54, 1.807) is 0 Å². The van der Waals surface area contributed by atoms with Crippen LogP contribution in [0.2, 0.25) is 0 Å². The van der Waals surface area contributed by atoms with Gasteiger partial charge in [-0.15, -0.1) is 0 Å². The van der Waals surface area contributed by atoms with Crippen LogP contribution < -0.4 is 10.1 Å². The van der Waals surface area contributed by atoms with Crippen LogP contribution in [0.1, 0.15) is 25.8 Å². The lowest BCUT2D eigenvalue weighted by Crippen LogP contribution is -2.32. The van der Waals surface area contributed by atoms with E-state index >= 15 is 0 Å². The molecule has 0 heterocycles. The highest BCUT2D eigenvalue weighted by atomic mass is 16.5. The molecule has 0 radical (unpaired) electrons. The highest BCUT2D eigenvalue weighted by Crippen LogP contribution is 2.15. The van der Waals surface area contributed by atoms with Crippen LogP contribution in [0.15, 0.2) is 54.6 Å². The Morgan fingerprint density at radius 2 is 1.71 bits per heavy atom. The van der Waals surface area contributed by atoms with Crippen LogP contribution >= 0.6 is 0 Å². The number of para-hydroxylation sites is 1. The third-order valence-electron chi connectivity index (χ3n) is 3.31. The maximum Gasteiger partial charge on any atom is 0.265 e. The molecule has 3 heteroatoms. The topological polar surface area (TPSA) is 38.3 Å². The lowest BCUT2D eigenvalue weighted by molar-refractivity contribution is -0.122. The number of hydrogen-bond donors (Lipinski definition) is 1. The highest BCUT2D eigenvalue weighted by Gasteiger charge is 2.18. The average molecular weight is 283 g/mol. The summed E-state index contributed by atoms with van der Waals surface area (Å²) in [4.78, 5) is 12.3. The van der Waals surface area contributed by atoms with E-state index in [-0.39, 0.29) is 5.91 Å². The predicted molar refractivity (Wildman–Crippen MR) is 85.6 cm³/mol. The Balaban J connectivity index is 1.99. The molecule has 1 unspecified atom stereocenters. The van der Waals surface area contributed by atoms with Crippen molar-refractivity contribution in [2.45, 2.75) is 32.8 Å². The van der Waals surface area contributed by atoms with Gasteiger partial charge in [0.1, 0.15) is 5.75 Å². The van der Waals surface area contributed by atoms with Gasteiger partial charge in [-0.05, 0) is 42.7 Å². The van der Waals surface area contributed by atoms with Gasteiger partial charge in [0.25, 0.3) is 5.91 Å². The number of carbonyl (C=O) groups is 1. The monoisotopic (exact) mass is 283 g/mol. The summed E-state index contributed by atoms with van der Waals surface area (Å²) in [5, 5.41) is 2.90. The molecule has 21 heavy (non-hydrogen) atoms. The van der Waals surface area contributed by atoms with Crippen LogP contribution in [-0.4, -0.2) is 12.0 Å². The van der Waals surface area contributed by atoms with Gasteiger partial charge in [0.15, 0.2) is 6.10 Å². The van der Waals surface area contributed by atoms with Gasteiger partial charge in [-0.2, -0.15) is 0 Å². The summed E-state index contributed by atoms with van der Waals surface area (Å²) < 4.78 is 5.73. The van der Waals surface area contributed by atoms with E-state index in [1.807, 2.05) is 61.5 Å². The van der Waals surface area contributed by atoms with Crippen molar-refractivity contribution < 1.29 is 9.53 Å². The molecule has 2 rings (SSSR count). The summed E-state index contributed by atoms with van der Waals surface area (Å²) >= 11 is 0. The van der Waals surface area contributed by atoms with E-state index in [2.05, 4.69) is 12.2 Å². The summed E-state index contributed by atoms with van der Waals surface area (Å²) in [5.74, 6) is 0.589. The van der Waals surface area contributed by atoms with Crippen LogP contribution in [0.3, 0.4) is 0 Å². The van der Waals surface area contributed by atoms with Gasteiger partial charge in [-0.3, -0.25) is 4.79 Å². The second kappa shape index (κ2) is 7.48. The van der Waals surface area contributed by atoms with Crippen molar-refractivity contribution in [2.75, 3.05) is 5.32 Å². The predicted octanol–water partition coefficient (Wildman–Crippen LogP) is 4.05. The van der Waals surface area contributed by atoms with Gasteiger partial charge in [0.05, 0.1) is 0 Å². The van der Waals surface area contributed by atoms with Crippen molar-refractivity contribution in [3.8, 4) is 5.75 Å². The Kier molecular flexibility index (Phi) is 5.38. The minimum atomic E-state index is -0.488. The zero-order chi connectivity index (χ0) is 15.1. The van der Waals surface area contributed by atoms with E-state index in [9.17, 15) is 4.79 Å². The first kappa shape index (κ1) is 15.1.